The average molecular weight is 390 g/mol. The van der Waals surface area contributed by atoms with Crippen molar-refractivity contribution in [1.29, 1.82) is 0 Å². The van der Waals surface area contributed by atoms with Crippen LogP contribution in [0.3, 0.4) is 0 Å². The molecule has 0 spiro atoms. The summed E-state index contributed by atoms with van der Waals surface area (Å²) in [5.74, 6) is -1.62. The topological polar surface area (TPSA) is 75.3 Å². The van der Waals surface area contributed by atoms with Gasteiger partial charge < -0.3 is 5.32 Å². The van der Waals surface area contributed by atoms with Gasteiger partial charge in [-0.05, 0) is 43.3 Å². The molecule has 1 amide bonds. The van der Waals surface area contributed by atoms with Gasteiger partial charge in [-0.15, -0.1) is 0 Å². The second kappa shape index (κ2) is 7.42. The van der Waals surface area contributed by atoms with Crippen molar-refractivity contribution in [3.63, 3.8) is 0 Å². The van der Waals surface area contributed by atoms with E-state index in [4.69, 9.17) is 0 Å². The summed E-state index contributed by atoms with van der Waals surface area (Å²) in [6.45, 7) is 1.17. The van der Waals surface area contributed by atoms with Crippen LogP contribution < -0.4 is 10.0 Å². The summed E-state index contributed by atoms with van der Waals surface area (Å²) < 4.78 is 78.0. The van der Waals surface area contributed by atoms with Gasteiger partial charge in [0.1, 0.15) is 5.82 Å². The van der Waals surface area contributed by atoms with Crippen molar-refractivity contribution in [2.45, 2.75) is 24.0 Å². The number of hydrogen-bond donors (Lipinski definition) is 2. The molecule has 0 heterocycles. The molecule has 0 radical (unpaired) electrons. The van der Waals surface area contributed by atoms with Crippen LogP contribution in [0.5, 0.6) is 0 Å². The third kappa shape index (κ3) is 4.79. The molecule has 26 heavy (non-hydrogen) atoms. The molecule has 0 fully saturated rings. The molecule has 2 N–H and O–H groups in total. The lowest BCUT2D eigenvalue weighted by Crippen LogP contribution is -2.41. The van der Waals surface area contributed by atoms with E-state index in [9.17, 15) is 30.8 Å². The summed E-state index contributed by atoms with van der Waals surface area (Å²) in [7, 11) is -4.15. The highest BCUT2D eigenvalue weighted by Gasteiger charge is 2.34. The Morgan fingerprint density at radius 2 is 1.62 bits per heavy atom. The number of alkyl halides is 3. The zero-order valence-electron chi connectivity index (χ0n) is 13.3. The van der Waals surface area contributed by atoms with E-state index >= 15 is 0 Å². The van der Waals surface area contributed by atoms with Crippen molar-refractivity contribution in [2.75, 3.05) is 5.32 Å². The first-order chi connectivity index (χ1) is 12.0. The van der Waals surface area contributed by atoms with E-state index in [2.05, 4.69) is 5.32 Å². The van der Waals surface area contributed by atoms with Gasteiger partial charge in [0.15, 0.2) is 0 Å². The molecule has 2 rings (SSSR count). The van der Waals surface area contributed by atoms with Crippen molar-refractivity contribution in [3.05, 3.63) is 59.9 Å². The second-order valence-electron chi connectivity index (χ2n) is 5.33. The quantitative estimate of drug-likeness (QED) is 0.771. The number of para-hydroxylation sites is 1. The van der Waals surface area contributed by atoms with Crippen LogP contribution in [0.25, 0.3) is 0 Å². The monoisotopic (exact) mass is 390 g/mol. The van der Waals surface area contributed by atoms with Crippen LogP contribution in [0.15, 0.2) is 53.4 Å². The van der Waals surface area contributed by atoms with Crippen molar-refractivity contribution in [1.82, 2.24) is 4.72 Å². The van der Waals surface area contributed by atoms with Crippen molar-refractivity contribution >= 4 is 21.6 Å². The van der Waals surface area contributed by atoms with E-state index in [1.807, 2.05) is 4.72 Å². The Morgan fingerprint density at radius 1 is 1.04 bits per heavy atom. The van der Waals surface area contributed by atoms with Gasteiger partial charge in [-0.1, -0.05) is 12.1 Å². The van der Waals surface area contributed by atoms with E-state index in [1.165, 1.54) is 19.1 Å². The predicted molar refractivity (Wildman–Crippen MR) is 86.3 cm³/mol. The maximum atomic E-state index is 12.9. The Morgan fingerprint density at radius 3 is 2.19 bits per heavy atom. The van der Waals surface area contributed by atoms with Gasteiger partial charge in [-0.2, -0.15) is 17.9 Å². The number of rotatable bonds is 5. The highest BCUT2D eigenvalue weighted by molar-refractivity contribution is 7.89. The molecule has 0 aliphatic rings. The summed E-state index contributed by atoms with van der Waals surface area (Å²) in [5.41, 5.74) is -1.54. The van der Waals surface area contributed by atoms with Crippen molar-refractivity contribution in [3.8, 4) is 0 Å². The Labute approximate surface area is 147 Å². The summed E-state index contributed by atoms with van der Waals surface area (Å²) in [6, 6.07) is 6.81. The molecule has 1 atom stereocenters. The van der Waals surface area contributed by atoms with Gasteiger partial charge in [0, 0.05) is 0 Å². The zero-order chi connectivity index (χ0) is 19.5. The molecule has 0 saturated carbocycles. The smallest absolute Gasteiger partial charge is 0.324 e. The highest BCUT2D eigenvalue weighted by Crippen LogP contribution is 2.34. The number of anilines is 1. The Hall–Kier alpha value is -2.46. The lowest BCUT2D eigenvalue weighted by Gasteiger charge is -2.17. The standard InChI is InChI=1S/C16H14F4N2O3S/c1-10(22-26(24,25)12-8-6-11(17)7-9-12)15(23)21-14-5-3-2-4-13(14)16(18,19)20/h2-10,22H,1H3,(H,21,23). The number of sulfonamides is 1. The lowest BCUT2D eigenvalue weighted by atomic mass is 10.1. The van der Waals surface area contributed by atoms with Crippen molar-refractivity contribution in [2.24, 2.45) is 0 Å². The number of nitrogens with one attached hydrogen (secondary N) is 2. The fourth-order valence-electron chi connectivity index (χ4n) is 2.05. The Kier molecular flexibility index (Phi) is 5.67. The minimum Gasteiger partial charge on any atom is -0.324 e. The van der Waals surface area contributed by atoms with E-state index in [-0.39, 0.29) is 4.90 Å². The Balaban J connectivity index is 2.15. The van der Waals surface area contributed by atoms with E-state index in [0.29, 0.717) is 0 Å². The third-order valence-electron chi connectivity index (χ3n) is 3.34. The summed E-state index contributed by atoms with van der Waals surface area (Å²) in [4.78, 5) is 11.8. The number of hydrogen-bond acceptors (Lipinski definition) is 3. The van der Waals surface area contributed by atoms with Gasteiger partial charge in [0.2, 0.25) is 15.9 Å². The minimum atomic E-state index is -4.68. The molecule has 10 heteroatoms. The number of halogens is 4. The lowest BCUT2D eigenvalue weighted by molar-refractivity contribution is -0.137. The van der Waals surface area contributed by atoms with Crippen LogP contribution >= 0.6 is 0 Å². The molecular formula is C16H14F4N2O3S. The fourth-order valence-corrected chi connectivity index (χ4v) is 3.25. The second-order valence-corrected chi connectivity index (χ2v) is 7.04. The van der Waals surface area contributed by atoms with Gasteiger partial charge >= 0.3 is 6.18 Å². The molecular weight excluding hydrogens is 376 g/mol. The molecule has 0 bridgehead atoms. The molecule has 5 nitrogen and oxygen atoms in total. The third-order valence-corrected chi connectivity index (χ3v) is 4.90. The molecule has 140 valence electrons. The van der Waals surface area contributed by atoms with Crippen LogP contribution in [0, 0.1) is 5.82 Å². The van der Waals surface area contributed by atoms with Crippen LogP contribution in [-0.2, 0) is 21.0 Å². The van der Waals surface area contributed by atoms with E-state index in [0.717, 1.165) is 36.4 Å². The first-order valence-corrected chi connectivity index (χ1v) is 8.74. The largest absolute Gasteiger partial charge is 0.418 e. The first-order valence-electron chi connectivity index (χ1n) is 7.26. The molecule has 0 saturated heterocycles. The highest BCUT2D eigenvalue weighted by atomic mass is 32.2. The van der Waals surface area contributed by atoms with Gasteiger partial charge in [0.05, 0.1) is 22.2 Å². The predicted octanol–water partition coefficient (Wildman–Crippen LogP) is 3.15. The molecule has 2 aromatic carbocycles. The Bertz CT molecular complexity index is 896. The van der Waals surface area contributed by atoms with Crippen LogP contribution in [0.2, 0.25) is 0 Å². The zero-order valence-corrected chi connectivity index (χ0v) is 14.2. The number of benzene rings is 2. The van der Waals surface area contributed by atoms with Crippen LogP contribution in [0.1, 0.15) is 12.5 Å². The maximum Gasteiger partial charge on any atom is 0.418 e. The SMILES string of the molecule is CC(NS(=O)(=O)c1ccc(F)cc1)C(=O)Nc1ccccc1C(F)(F)F. The van der Waals surface area contributed by atoms with Gasteiger partial charge in [-0.25, -0.2) is 12.8 Å². The average Bonchev–Trinajstić information content (AvgIpc) is 2.54. The number of carbonyl (C=O) groups is 1. The molecule has 0 aliphatic carbocycles. The van der Waals surface area contributed by atoms with Crippen LogP contribution in [-0.4, -0.2) is 20.4 Å². The molecule has 1 unspecified atom stereocenters. The van der Waals surface area contributed by atoms with Gasteiger partial charge in [0.25, 0.3) is 0 Å². The minimum absolute atomic E-state index is 0.283. The summed E-state index contributed by atoms with van der Waals surface area (Å²) in [5, 5.41) is 2.05. The molecule has 0 aromatic heterocycles. The maximum absolute atomic E-state index is 12.9. The van der Waals surface area contributed by atoms with E-state index in [1.54, 1.807) is 0 Å². The summed E-state index contributed by atoms with van der Waals surface area (Å²) >= 11 is 0. The van der Waals surface area contributed by atoms with Crippen molar-refractivity contribution < 1.29 is 30.8 Å². The van der Waals surface area contributed by atoms with E-state index < -0.39 is 45.2 Å². The fraction of sp³-hybridized carbons (Fsp3) is 0.188. The first kappa shape index (κ1) is 19.9. The normalized spacial score (nSPS) is 13.3. The number of amides is 1. The van der Waals surface area contributed by atoms with Crippen LogP contribution in [0.4, 0.5) is 23.2 Å². The molecule has 2 aromatic rings. The molecule has 0 aliphatic heterocycles. The summed E-state index contributed by atoms with van der Waals surface area (Å²) in [6.07, 6.45) is -4.68. The van der Waals surface area contributed by atoms with Gasteiger partial charge in [-0.3, -0.25) is 4.79 Å². The number of carbonyl (C=O) groups excluding carboxylic acids is 1.